The molecule has 0 rings (SSSR count). The van der Waals surface area contributed by atoms with Crippen LogP contribution in [0.4, 0.5) is 35.1 Å². The summed E-state index contributed by atoms with van der Waals surface area (Å²) in [6.07, 6.45) is -4.99. The molecule has 0 aliphatic heterocycles. The fourth-order valence-electron chi connectivity index (χ4n) is 1.08. The molecule has 0 N–H and O–H groups in total. The Hall–Kier alpha value is -0.503. The van der Waals surface area contributed by atoms with Gasteiger partial charge in [0, 0.05) is 21.3 Å². The van der Waals surface area contributed by atoms with Gasteiger partial charge in [0.05, 0.1) is 0 Å². The Balaban J connectivity index is 5.22. The van der Waals surface area contributed by atoms with Gasteiger partial charge in [-0.2, -0.15) is 26.3 Å². The fraction of sp³-hybridized carbons (Fsp3) is 1.00. The molecule has 0 spiro atoms. The third kappa shape index (κ3) is 3.83. The second-order valence-electron chi connectivity index (χ2n) is 3.60. The molecule has 21 heavy (non-hydrogen) atoms. The Labute approximate surface area is 115 Å². The first kappa shape index (κ1) is 20.5. The molecule has 128 valence electrons. The van der Waals surface area contributed by atoms with Crippen molar-refractivity contribution in [2.24, 2.45) is 0 Å². The lowest BCUT2D eigenvalue weighted by molar-refractivity contribution is -0.344. The first-order chi connectivity index (χ1) is 9.33. The zero-order valence-corrected chi connectivity index (χ0v) is 11.9. The molecule has 0 heterocycles. The summed E-state index contributed by atoms with van der Waals surface area (Å²) in [5.41, 5.74) is 0. The molecule has 0 aromatic rings. The van der Waals surface area contributed by atoms with E-state index in [1.165, 1.54) is 0 Å². The minimum absolute atomic E-state index is 0.864. The van der Waals surface area contributed by atoms with E-state index in [1.807, 2.05) is 0 Å². The fourth-order valence-corrected chi connectivity index (χ4v) is 2.29. The standard InChI is InChI=1S/C8H12F8O4Si/c1-17-21(18-2,19-3)20-4-6(11,12)8(15,16)7(13,14)5(9)10/h5H,4H2,1-3H3. The number of hydrogen-bond acceptors (Lipinski definition) is 4. The Bertz CT molecular complexity index is 328. The highest BCUT2D eigenvalue weighted by molar-refractivity contribution is 6.53. The van der Waals surface area contributed by atoms with Gasteiger partial charge >= 0.3 is 33.2 Å². The largest absolute Gasteiger partial charge is 0.679 e. The van der Waals surface area contributed by atoms with Crippen LogP contribution in [-0.2, 0) is 17.7 Å². The molecule has 0 saturated carbocycles. The van der Waals surface area contributed by atoms with Gasteiger partial charge in [-0.1, -0.05) is 0 Å². The third-order valence-corrected chi connectivity index (χ3v) is 4.33. The summed E-state index contributed by atoms with van der Waals surface area (Å²) in [5.74, 6) is -18.2. The van der Waals surface area contributed by atoms with Crippen LogP contribution >= 0.6 is 0 Å². The molecule has 0 aromatic carbocycles. The van der Waals surface area contributed by atoms with Crippen LogP contribution < -0.4 is 0 Å². The summed E-state index contributed by atoms with van der Waals surface area (Å²) >= 11 is 0. The molecule has 4 nitrogen and oxygen atoms in total. The summed E-state index contributed by atoms with van der Waals surface area (Å²) in [6, 6.07) is 0. The number of hydrogen-bond donors (Lipinski definition) is 0. The van der Waals surface area contributed by atoms with Crippen LogP contribution in [0.25, 0.3) is 0 Å². The highest BCUT2D eigenvalue weighted by Gasteiger charge is 2.75. The average molecular weight is 352 g/mol. The molecule has 0 radical (unpaired) electrons. The predicted octanol–water partition coefficient (Wildman–Crippen LogP) is 2.55. The van der Waals surface area contributed by atoms with Crippen LogP contribution in [0, 0.1) is 0 Å². The van der Waals surface area contributed by atoms with Crippen LogP contribution in [-0.4, -0.2) is 61.2 Å². The second kappa shape index (κ2) is 6.72. The summed E-state index contributed by atoms with van der Waals surface area (Å²) in [4.78, 5) is 0. The molecule has 0 unspecified atom stereocenters. The van der Waals surface area contributed by atoms with Crippen LogP contribution in [0.15, 0.2) is 0 Å². The quantitative estimate of drug-likeness (QED) is 0.472. The van der Waals surface area contributed by atoms with Crippen LogP contribution in [0.3, 0.4) is 0 Å². The predicted molar refractivity (Wildman–Crippen MR) is 53.6 cm³/mol. The Morgan fingerprint density at radius 1 is 0.857 bits per heavy atom. The highest BCUT2D eigenvalue weighted by atomic mass is 28.4. The normalized spacial score (nSPS) is 14.9. The van der Waals surface area contributed by atoms with Crippen molar-refractivity contribution in [3.8, 4) is 0 Å². The van der Waals surface area contributed by atoms with Crippen molar-refractivity contribution < 1.29 is 52.8 Å². The maximum atomic E-state index is 13.2. The molecule has 0 saturated heterocycles. The van der Waals surface area contributed by atoms with Crippen molar-refractivity contribution in [3.63, 3.8) is 0 Å². The maximum absolute atomic E-state index is 13.2. The number of halogens is 8. The summed E-state index contributed by atoms with van der Waals surface area (Å²) in [5, 5.41) is 0. The Kier molecular flexibility index (Phi) is 6.56. The van der Waals surface area contributed by atoms with Crippen LogP contribution in [0.1, 0.15) is 0 Å². The molecule has 0 bridgehead atoms. The third-order valence-electron chi connectivity index (χ3n) is 2.33. The van der Waals surface area contributed by atoms with E-state index in [0.717, 1.165) is 21.3 Å². The number of alkyl halides is 8. The second-order valence-corrected chi connectivity index (χ2v) is 6.12. The van der Waals surface area contributed by atoms with Crippen LogP contribution in [0.5, 0.6) is 0 Å². The first-order valence-corrected chi connectivity index (χ1v) is 6.68. The molecule has 0 amide bonds. The lowest BCUT2D eigenvalue weighted by atomic mass is 10.1. The van der Waals surface area contributed by atoms with E-state index in [2.05, 4.69) is 17.7 Å². The lowest BCUT2D eigenvalue weighted by Crippen LogP contribution is -2.61. The lowest BCUT2D eigenvalue weighted by Gasteiger charge is -2.33. The van der Waals surface area contributed by atoms with Crippen molar-refractivity contribution >= 4 is 9.05 Å². The molecular weight excluding hydrogens is 340 g/mol. The van der Waals surface area contributed by atoms with E-state index in [0.29, 0.717) is 0 Å². The topological polar surface area (TPSA) is 36.9 Å². The van der Waals surface area contributed by atoms with Crippen LogP contribution in [0.2, 0.25) is 0 Å². The minimum Gasteiger partial charge on any atom is -0.355 e. The van der Waals surface area contributed by atoms with Gasteiger partial charge in [0.1, 0.15) is 6.61 Å². The van der Waals surface area contributed by atoms with Crippen molar-refractivity contribution in [1.29, 1.82) is 0 Å². The molecule has 0 aromatic heterocycles. The minimum atomic E-state index is -6.36. The molecule has 0 atom stereocenters. The molecule has 13 heteroatoms. The molecule has 0 fully saturated rings. The molecule has 0 aliphatic rings. The molecular formula is C8H12F8O4Si. The Morgan fingerprint density at radius 2 is 1.24 bits per heavy atom. The van der Waals surface area contributed by atoms with Gasteiger partial charge in [-0.15, -0.1) is 0 Å². The zero-order valence-electron chi connectivity index (χ0n) is 10.9. The van der Waals surface area contributed by atoms with E-state index >= 15 is 0 Å². The smallest absolute Gasteiger partial charge is 0.355 e. The van der Waals surface area contributed by atoms with Crippen molar-refractivity contribution in [1.82, 2.24) is 0 Å². The van der Waals surface area contributed by atoms with E-state index < -0.39 is 39.8 Å². The average Bonchev–Trinajstić information content (AvgIpc) is 2.40. The monoisotopic (exact) mass is 352 g/mol. The van der Waals surface area contributed by atoms with Gasteiger partial charge in [0.25, 0.3) is 0 Å². The van der Waals surface area contributed by atoms with Crippen molar-refractivity contribution in [3.05, 3.63) is 0 Å². The first-order valence-electron chi connectivity index (χ1n) is 5.04. The SMILES string of the molecule is CO[Si](OC)(OC)OCC(F)(F)C(F)(F)C(F)(F)C(F)F. The van der Waals surface area contributed by atoms with E-state index in [-0.39, 0.29) is 0 Å². The van der Waals surface area contributed by atoms with Gasteiger partial charge in [-0.25, -0.2) is 8.78 Å². The summed E-state index contributed by atoms with van der Waals surface area (Å²) in [6.45, 7) is -2.37. The van der Waals surface area contributed by atoms with E-state index in [4.69, 9.17) is 0 Å². The number of rotatable bonds is 9. The summed E-state index contributed by atoms with van der Waals surface area (Å²) in [7, 11) is -1.64. The van der Waals surface area contributed by atoms with E-state index in [1.54, 1.807) is 0 Å². The molecule has 0 aliphatic carbocycles. The van der Waals surface area contributed by atoms with Gasteiger partial charge in [-0.05, 0) is 0 Å². The Morgan fingerprint density at radius 3 is 1.52 bits per heavy atom. The van der Waals surface area contributed by atoms with Gasteiger partial charge in [0.2, 0.25) is 0 Å². The highest BCUT2D eigenvalue weighted by Crippen LogP contribution is 2.48. The zero-order chi connectivity index (χ0) is 17.1. The van der Waals surface area contributed by atoms with E-state index in [9.17, 15) is 35.1 Å². The van der Waals surface area contributed by atoms with Crippen molar-refractivity contribution in [2.45, 2.75) is 24.2 Å². The van der Waals surface area contributed by atoms with Gasteiger partial charge in [-0.3, -0.25) is 0 Å². The summed E-state index contributed by atoms with van der Waals surface area (Å²) < 4.78 is 119. The van der Waals surface area contributed by atoms with Gasteiger partial charge < -0.3 is 17.7 Å². The maximum Gasteiger partial charge on any atom is 0.679 e. The van der Waals surface area contributed by atoms with Gasteiger partial charge in [0.15, 0.2) is 0 Å². The van der Waals surface area contributed by atoms with Crippen molar-refractivity contribution in [2.75, 3.05) is 27.9 Å².